The molecule has 0 aliphatic carbocycles. The van der Waals surface area contributed by atoms with Gasteiger partial charge in [0.25, 0.3) is 5.91 Å². The number of para-hydroxylation sites is 1. The number of benzene rings is 2. The number of nitrogens with one attached hydrogen (secondary N) is 1. The lowest BCUT2D eigenvalue weighted by molar-refractivity contribution is -0.131. The first-order valence-corrected chi connectivity index (χ1v) is 10.3. The Bertz CT molecular complexity index is 1030. The number of Topliss-reactive ketones (excluding diaryl/α,β-unsaturated/α-hetero) is 1. The molecule has 0 radical (unpaired) electrons. The first-order chi connectivity index (χ1) is 13.5. The number of ketones is 1. The molecule has 0 bridgehead atoms. The molecule has 6 nitrogen and oxygen atoms in total. The first kappa shape index (κ1) is 22.7. The molecule has 2 aromatic rings. The van der Waals surface area contributed by atoms with Crippen molar-refractivity contribution in [1.82, 2.24) is 5.32 Å². The molecular formula is C18H16ClF3N2O4S. The topological polar surface area (TPSA) is 83.6 Å². The van der Waals surface area contributed by atoms with Gasteiger partial charge in [0.15, 0.2) is 5.78 Å². The van der Waals surface area contributed by atoms with Crippen LogP contribution in [-0.4, -0.2) is 39.3 Å². The van der Waals surface area contributed by atoms with Gasteiger partial charge in [-0.25, -0.2) is 12.8 Å². The number of rotatable bonds is 8. The fourth-order valence-corrected chi connectivity index (χ4v) is 3.56. The van der Waals surface area contributed by atoms with Crippen LogP contribution in [0.2, 0.25) is 5.02 Å². The average molecular weight is 449 g/mol. The molecule has 0 unspecified atom stereocenters. The van der Waals surface area contributed by atoms with Gasteiger partial charge in [-0.1, -0.05) is 35.9 Å². The monoisotopic (exact) mass is 448 g/mol. The molecule has 0 aliphatic rings. The number of amides is 1. The standard InChI is InChI=1S/C18H16ClF3N2O4S/c1-29(27,28)24(15-5-3-2-4-13(15)19)10-12-7-6-11(8-14(12)20)16(25)9-23-18(26)17(21)22/h2-8,17H,9-10H2,1H3,(H,23,26). The van der Waals surface area contributed by atoms with E-state index in [9.17, 15) is 31.2 Å². The summed E-state index contributed by atoms with van der Waals surface area (Å²) in [5.74, 6) is -3.27. The van der Waals surface area contributed by atoms with E-state index in [2.05, 4.69) is 0 Å². The molecule has 2 aromatic carbocycles. The van der Waals surface area contributed by atoms with Gasteiger partial charge in [-0.15, -0.1) is 0 Å². The maximum atomic E-state index is 14.5. The summed E-state index contributed by atoms with van der Waals surface area (Å²) >= 11 is 6.05. The smallest absolute Gasteiger partial charge is 0.315 e. The molecular weight excluding hydrogens is 433 g/mol. The highest BCUT2D eigenvalue weighted by Gasteiger charge is 2.22. The molecule has 1 amide bonds. The van der Waals surface area contributed by atoms with Crippen molar-refractivity contribution >= 4 is 39.0 Å². The van der Waals surface area contributed by atoms with Crippen molar-refractivity contribution < 1.29 is 31.2 Å². The third-order valence-electron chi connectivity index (χ3n) is 3.83. The van der Waals surface area contributed by atoms with Gasteiger partial charge in [-0.05, 0) is 18.2 Å². The molecule has 0 atom stereocenters. The van der Waals surface area contributed by atoms with Crippen molar-refractivity contribution in [2.75, 3.05) is 17.1 Å². The van der Waals surface area contributed by atoms with Crippen molar-refractivity contribution in [3.8, 4) is 0 Å². The van der Waals surface area contributed by atoms with Gasteiger partial charge in [-0.2, -0.15) is 8.78 Å². The Kier molecular flexibility index (Phi) is 7.26. The number of sulfonamides is 1. The minimum atomic E-state index is -3.81. The number of nitrogens with zero attached hydrogens (tertiary/aromatic N) is 1. The molecule has 2 rings (SSSR count). The number of hydrogen-bond donors (Lipinski definition) is 1. The number of carbonyl (C=O) groups is 2. The Hall–Kier alpha value is -2.59. The zero-order chi connectivity index (χ0) is 21.8. The second kappa shape index (κ2) is 9.27. The lowest BCUT2D eigenvalue weighted by Gasteiger charge is -2.23. The van der Waals surface area contributed by atoms with Crippen LogP contribution in [0.5, 0.6) is 0 Å². The molecule has 0 saturated heterocycles. The van der Waals surface area contributed by atoms with Gasteiger partial charge >= 0.3 is 6.43 Å². The Morgan fingerprint density at radius 2 is 1.83 bits per heavy atom. The third kappa shape index (κ3) is 5.94. The van der Waals surface area contributed by atoms with Crippen LogP contribution in [0.25, 0.3) is 0 Å². The van der Waals surface area contributed by atoms with E-state index in [0.717, 1.165) is 16.6 Å². The second-order valence-corrected chi connectivity index (χ2v) is 8.28. The van der Waals surface area contributed by atoms with Crippen molar-refractivity contribution in [3.63, 3.8) is 0 Å². The SMILES string of the molecule is CS(=O)(=O)N(Cc1ccc(C(=O)CNC(=O)C(F)F)cc1F)c1ccccc1Cl. The zero-order valence-corrected chi connectivity index (χ0v) is 16.6. The van der Waals surface area contributed by atoms with Crippen LogP contribution in [-0.2, 0) is 21.4 Å². The van der Waals surface area contributed by atoms with Gasteiger partial charge < -0.3 is 5.32 Å². The normalized spacial score (nSPS) is 11.4. The van der Waals surface area contributed by atoms with Crippen LogP contribution in [0.15, 0.2) is 42.5 Å². The van der Waals surface area contributed by atoms with Crippen LogP contribution in [0.1, 0.15) is 15.9 Å². The number of anilines is 1. The lowest BCUT2D eigenvalue weighted by Crippen LogP contribution is -2.34. The van der Waals surface area contributed by atoms with E-state index >= 15 is 0 Å². The number of alkyl halides is 2. The van der Waals surface area contributed by atoms with E-state index < -0.39 is 40.5 Å². The van der Waals surface area contributed by atoms with Crippen LogP contribution in [0, 0.1) is 5.82 Å². The summed E-state index contributed by atoms with van der Waals surface area (Å²) in [6, 6.07) is 9.39. The highest BCUT2D eigenvalue weighted by atomic mass is 35.5. The second-order valence-electron chi connectivity index (χ2n) is 5.97. The summed E-state index contributed by atoms with van der Waals surface area (Å²) in [4.78, 5) is 22.7. The average Bonchev–Trinajstić information content (AvgIpc) is 2.64. The quantitative estimate of drug-likeness (QED) is 0.629. The zero-order valence-electron chi connectivity index (χ0n) is 15.0. The summed E-state index contributed by atoms with van der Waals surface area (Å²) in [5.41, 5.74) is -0.0427. The summed E-state index contributed by atoms with van der Waals surface area (Å²) < 4.78 is 64.0. The molecule has 156 valence electrons. The number of halogens is 4. The Morgan fingerprint density at radius 1 is 1.17 bits per heavy atom. The molecule has 0 saturated carbocycles. The fourth-order valence-electron chi connectivity index (χ4n) is 2.39. The minimum absolute atomic E-state index is 0.0384. The van der Waals surface area contributed by atoms with Gasteiger partial charge in [0, 0.05) is 11.1 Å². The van der Waals surface area contributed by atoms with Gasteiger partial charge in [0.05, 0.1) is 30.1 Å². The molecule has 0 spiro atoms. The van der Waals surface area contributed by atoms with Crippen molar-refractivity contribution in [1.29, 1.82) is 0 Å². The van der Waals surface area contributed by atoms with E-state index in [1.807, 2.05) is 0 Å². The maximum absolute atomic E-state index is 14.5. The largest absolute Gasteiger partial charge is 0.344 e. The molecule has 29 heavy (non-hydrogen) atoms. The van der Waals surface area contributed by atoms with Crippen molar-refractivity contribution in [2.24, 2.45) is 0 Å². The summed E-state index contributed by atoms with van der Waals surface area (Å²) in [7, 11) is -3.81. The highest BCUT2D eigenvalue weighted by molar-refractivity contribution is 7.92. The third-order valence-corrected chi connectivity index (χ3v) is 5.28. The van der Waals surface area contributed by atoms with Crippen LogP contribution in [0.4, 0.5) is 18.9 Å². The van der Waals surface area contributed by atoms with E-state index in [-0.39, 0.29) is 28.4 Å². The fraction of sp³-hybridized carbons (Fsp3) is 0.222. The van der Waals surface area contributed by atoms with Crippen molar-refractivity contribution in [2.45, 2.75) is 13.0 Å². The van der Waals surface area contributed by atoms with Crippen LogP contribution >= 0.6 is 11.6 Å². The van der Waals surface area contributed by atoms with Crippen LogP contribution < -0.4 is 9.62 Å². The summed E-state index contributed by atoms with van der Waals surface area (Å²) in [6.45, 7) is -1.11. The minimum Gasteiger partial charge on any atom is -0.344 e. The summed E-state index contributed by atoms with van der Waals surface area (Å²) in [5, 5.41) is 1.88. The van der Waals surface area contributed by atoms with E-state index in [1.54, 1.807) is 17.4 Å². The summed E-state index contributed by atoms with van der Waals surface area (Å²) in [6.07, 6.45) is -2.33. The van der Waals surface area contributed by atoms with Crippen molar-refractivity contribution in [3.05, 3.63) is 64.4 Å². The predicted octanol–water partition coefficient (Wildman–Crippen LogP) is 3.01. The van der Waals surface area contributed by atoms with E-state index in [4.69, 9.17) is 11.6 Å². The van der Waals surface area contributed by atoms with Gasteiger partial charge in [-0.3, -0.25) is 13.9 Å². The molecule has 0 heterocycles. The first-order valence-electron chi connectivity index (χ1n) is 8.10. The van der Waals surface area contributed by atoms with E-state index in [0.29, 0.717) is 0 Å². The maximum Gasteiger partial charge on any atom is 0.315 e. The molecule has 1 N–H and O–H groups in total. The molecule has 11 heteroatoms. The Labute approximate surface area is 170 Å². The molecule has 0 aromatic heterocycles. The Balaban J connectivity index is 2.24. The van der Waals surface area contributed by atoms with Gasteiger partial charge in [0.2, 0.25) is 10.0 Å². The lowest BCUT2D eigenvalue weighted by atomic mass is 10.1. The Morgan fingerprint density at radius 3 is 2.38 bits per heavy atom. The molecule has 0 fully saturated rings. The number of hydrogen-bond acceptors (Lipinski definition) is 4. The van der Waals surface area contributed by atoms with E-state index in [1.165, 1.54) is 24.3 Å². The number of carbonyl (C=O) groups excluding carboxylic acids is 2. The van der Waals surface area contributed by atoms with Crippen LogP contribution in [0.3, 0.4) is 0 Å². The highest BCUT2D eigenvalue weighted by Crippen LogP contribution is 2.29. The van der Waals surface area contributed by atoms with Gasteiger partial charge in [0.1, 0.15) is 5.82 Å². The molecule has 0 aliphatic heterocycles. The predicted molar refractivity (Wildman–Crippen MR) is 102 cm³/mol.